The molecule has 0 fully saturated rings. The van der Waals surface area contributed by atoms with E-state index in [1.54, 1.807) is 13.8 Å². The van der Waals surface area contributed by atoms with Gasteiger partial charge in [0, 0.05) is 19.3 Å². The minimum absolute atomic E-state index is 0.0686. The monoisotopic (exact) mass is 388 g/mol. The van der Waals surface area contributed by atoms with Crippen LogP contribution in [0, 0.1) is 5.41 Å². The van der Waals surface area contributed by atoms with Crippen LogP contribution >= 0.6 is 0 Å². The van der Waals surface area contributed by atoms with Gasteiger partial charge in [-0.25, -0.2) is 0 Å². The molecule has 0 aromatic carbocycles. The molecule has 0 radical (unpaired) electrons. The number of carboxylic acids is 2. The number of unbranched alkanes of at least 4 members (excludes halogenated alkanes) is 3. The third-order valence-corrected chi connectivity index (χ3v) is 4.77. The van der Waals surface area contributed by atoms with Gasteiger partial charge >= 0.3 is 23.9 Å². The Morgan fingerprint density at radius 3 is 1.63 bits per heavy atom. The van der Waals surface area contributed by atoms with Crippen molar-refractivity contribution in [3.05, 3.63) is 0 Å². The van der Waals surface area contributed by atoms with Gasteiger partial charge in [0.1, 0.15) is 17.6 Å². The smallest absolute Gasteiger partial charge is 0.317 e. The summed E-state index contributed by atoms with van der Waals surface area (Å²) in [4.78, 5) is 46.1. The van der Waals surface area contributed by atoms with Gasteiger partial charge in [-0.15, -0.1) is 0 Å². The fraction of sp³-hybridized carbons (Fsp3) is 0.789. The number of carbonyl (C=O) groups excluding carboxylic acids is 2. The van der Waals surface area contributed by atoms with Gasteiger partial charge in [0.2, 0.25) is 0 Å². The van der Waals surface area contributed by atoms with Crippen molar-refractivity contribution in [2.45, 2.75) is 91.3 Å². The largest absolute Gasteiger partial charge is 0.481 e. The fourth-order valence-corrected chi connectivity index (χ4v) is 3.01. The Bertz CT molecular complexity index is 490. The highest BCUT2D eigenvalue weighted by Gasteiger charge is 2.52. The van der Waals surface area contributed by atoms with Crippen LogP contribution in [0.25, 0.3) is 0 Å². The molecule has 0 rings (SSSR count). The van der Waals surface area contributed by atoms with Crippen LogP contribution in [0.4, 0.5) is 0 Å². The molecule has 0 saturated heterocycles. The van der Waals surface area contributed by atoms with Crippen molar-refractivity contribution in [3.63, 3.8) is 0 Å². The number of carboxylic acid groups (broad SMARTS) is 2. The zero-order chi connectivity index (χ0) is 21.0. The van der Waals surface area contributed by atoms with Crippen LogP contribution in [-0.2, 0) is 28.7 Å². The minimum Gasteiger partial charge on any atom is -0.481 e. The molecule has 0 spiro atoms. The maximum absolute atomic E-state index is 12.2. The number of rotatable bonds is 14. The number of aliphatic carboxylic acids is 2. The van der Waals surface area contributed by atoms with E-state index in [0.29, 0.717) is 25.7 Å². The van der Waals surface area contributed by atoms with E-state index in [-0.39, 0.29) is 25.7 Å². The summed E-state index contributed by atoms with van der Waals surface area (Å²) in [7, 11) is 0. The molecule has 0 bridgehead atoms. The summed E-state index contributed by atoms with van der Waals surface area (Å²) in [5, 5.41) is 18.6. The molecule has 2 unspecified atom stereocenters. The van der Waals surface area contributed by atoms with Gasteiger partial charge in [-0.2, -0.15) is 0 Å². The number of carbonyl (C=O) groups is 4. The molecular weight excluding hydrogens is 356 g/mol. The molecule has 0 aliphatic rings. The summed E-state index contributed by atoms with van der Waals surface area (Å²) in [5.41, 5.74) is -1.57. The maximum atomic E-state index is 12.2. The Morgan fingerprint density at radius 2 is 1.26 bits per heavy atom. The molecule has 156 valence electrons. The molecule has 8 heteroatoms. The van der Waals surface area contributed by atoms with Gasteiger partial charge in [-0.05, 0) is 26.7 Å². The highest BCUT2D eigenvalue weighted by Crippen LogP contribution is 2.38. The van der Waals surface area contributed by atoms with E-state index in [1.165, 1.54) is 13.8 Å². The topological polar surface area (TPSA) is 127 Å². The lowest BCUT2D eigenvalue weighted by Crippen LogP contribution is -2.52. The third kappa shape index (κ3) is 7.97. The second-order valence-corrected chi connectivity index (χ2v) is 6.62. The van der Waals surface area contributed by atoms with E-state index in [1.807, 2.05) is 0 Å². The van der Waals surface area contributed by atoms with Crippen LogP contribution in [0.2, 0.25) is 0 Å². The molecule has 0 saturated carbocycles. The summed E-state index contributed by atoms with van der Waals surface area (Å²) in [6, 6.07) is 0. The first-order valence-electron chi connectivity index (χ1n) is 9.45. The van der Waals surface area contributed by atoms with Crippen molar-refractivity contribution in [2.24, 2.45) is 5.41 Å². The molecule has 0 aromatic rings. The molecule has 8 nitrogen and oxygen atoms in total. The first kappa shape index (κ1) is 24.9. The van der Waals surface area contributed by atoms with E-state index in [0.717, 1.165) is 0 Å². The molecule has 0 aliphatic heterocycles. The predicted molar refractivity (Wildman–Crippen MR) is 97.1 cm³/mol. The van der Waals surface area contributed by atoms with E-state index >= 15 is 0 Å². The lowest BCUT2D eigenvalue weighted by Gasteiger charge is -2.39. The third-order valence-electron chi connectivity index (χ3n) is 4.77. The standard InChI is InChI=1S/C19H32O8/c1-5-16(22)26-13(3)19(18(24)25,14(4)27-17(23)6-2)12-10-8-7-9-11-15(20)21/h13-14H,5-12H2,1-4H3,(H,20,21)(H,24,25). The van der Waals surface area contributed by atoms with Crippen molar-refractivity contribution in [1.82, 2.24) is 0 Å². The highest BCUT2D eigenvalue weighted by molar-refractivity contribution is 5.78. The number of ether oxygens (including phenoxy) is 2. The van der Waals surface area contributed by atoms with Crippen LogP contribution in [0.3, 0.4) is 0 Å². The van der Waals surface area contributed by atoms with Gasteiger partial charge in [-0.3, -0.25) is 19.2 Å². The number of esters is 2. The van der Waals surface area contributed by atoms with E-state index in [4.69, 9.17) is 14.6 Å². The average Bonchev–Trinajstić information content (AvgIpc) is 2.59. The first-order chi connectivity index (χ1) is 12.6. The molecular formula is C19H32O8. The zero-order valence-corrected chi connectivity index (χ0v) is 16.7. The van der Waals surface area contributed by atoms with Crippen molar-refractivity contribution < 1.29 is 38.9 Å². The van der Waals surface area contributed by atoms with Crippen LogP contribution in [0.5, 0.6) is 0 Å². The lowest BCUT2D eigenvalue weighted by molar-refractivity contribution is -0.186. The second-order valence-electron chi connectivity index (χ2n) is 6.62. The number of hydrogen-bond donors (Lipinski definition) is 2. The quantitative estimate of drug-likeness (QED) is 0.343. The average molecular weight is 388 g/mol. The summed E-state index contributed by atoms with van der Waals surface area (Å²) in [6.07, 6.45) is 0.729. The first-order valence-corrected chi connectivity index (χ1v) is 9.45. The SMILES string of the molecule is CCC(=O)OC(C)C(CCCCCCC(=O)O)(C(=O)O)C(C)OC(=O)CC. The predicted octanol–water partition coefficient (Wildman–Crippen LogP) is 3.17. The zero-order valence-electron chi connectivity index (χ0n) is 16.7. The molecule has 0 aliphatic carbocycles. The van der Waals surface area contributed by atoms with Crippen molar-refractivity contribution in [1.29, 1.82) is 0 Å². The molecule has 0 aromatic heterocycles. The van der Waals surface area contributed by atoms with Crippen molar-refractivity contribution in [3.8, 4) is 0 Å². The molecule has 0 heterocycles. The summed E-state index contributed by atoms with van der Waals surface area (Å²) in [5.74, 6) is -3.11. The minimum atomic E-state index is -1.57. The summed E-state index contributed by atoms with van der Waals surface area (Å²) < 4.78 is 10.6. The summed E-state index contributed by atoms with van der Waals surface area (Å²) >= 11 is 0. The second kappa shape index (κ2) is 12.3. The maximum Gasteiger partial charge on any atom is 0.317 e. The van der Waals surface area contributed by atoms with E-state index in [2.05, 4.69) is 0 Å². The fourth-order valence-electron chi connectivity index (χ4n) is 3.01. The van der Waals surface area contributed by atoms with E-state index in [9.17, 15) is 24.3 Å². The Kier molecular flexibility index (Phi) is 11.3. The highest BCUT2D eigenvalue weighted by atomic mass is 16.6. The molecule has 27 heavy (non-hydrogen) atoms. The van der Waals surface area contributed by atoms with Crippen LogP contribution in [0.15, 0.2) is 0 Å². The molecule has 0 amide bonds. The molecule has 2 N–H and O–H groups in total. The van der Waals surface area contributed by atoms with Crippen LogP contribution < -0.4 is 0 Å². The summed E-state index contributed by atoms with van der Waals surface area (Å²) in [6.45, 7) is 6.23. The molecule has 2 atom stereocenters. The van der Waals surface area contributed by atoms with Gasteiger partial charge in [0.15, 0.2) is 0 Å². The Balaban J connectivity index is 5.28. The van der Waals surface area contributed by atoms with Gasteiger partial charge < -0.3 is 19.7 Å². The Labute approximate surface area is 160 Å². The van der Waals surface area contributed by atoms with Crippen LogP contribution in [-0.4, -0.2) is 46.3 Å². The van der Waals surface area contributed by atoms with Crippen molar-refractivity contribution >= 4 is 23.9 Å². The van der Waals surface area contributed by atoms with Crippen LogP contribution in [0.1, 0.15) is 79.1 Å². The Morgan fingerprint density at radius 1 is 0.815 bits per heavy atom. The van der Waals surface area contributed by atoms with Crippen molar-refractivity contribution in [2.75, 3.05) is 0 Å². The van der Waals surface area contributed by atoms with Gasteiger partial charge in [-0.1, -0.05) is 33.1 Å². The normalized spacial score (nSPS) is 15.3. The van der Waals surface area contributed by atoms with E-state index < -0.39 is 41.5 Å². The lowest BCUT2D eigenvalue weighted by atomic mass is 9.73. The number of hydrogen-bond acceptors (Lipinski definition) is 6. The van der Waals surface area contributed by atoms with Gasteiger partial charge in [0.05, 0.1) is 0 Å². The van der Waals surface area contributed by atoms with Gasteiger partial charge in [0.25, 0.3) is 0 Å². The Hall–Kier alpha value is -2.12.